The molecule has 0 aromatic heterocycles. The van der Waals surface area contributed by atoms with Crippen LogP contribution in [-0.4, -0.2) is 127 Å². The Balaban J connectivity index is 1.74. The van der Waals surface area contributed by atoms with E-state index in [-0.39, 0.29) is 22.9 Å². The lowest BCUT2D eigenvalue weighted by atomic mass is 9.83. The van der Waals surface area contributed by atoms with Crippen LogP contribution in [0.3, 0.4) is 0 Å². The zero-order valence-corrected chi connectivity index (χ0v) is 32.5. The molecule has 3 amide bonds. The fourth-order valence-corrected chi connectivity index (χ4v) is 7.62. The highest BCUT2D eigenvalue weighted by Gasteiger charge is 2.65. The van der Waals surface area contributed by atoms with Gasteiger partial charge in [-0.05, 0) is 51.0 Å². The van der Waals surface area contributed by atoms with Crippen molar-refractivity contribution in [2.24, 2.45) is 5.92 Å². The van der Waals surface area contributed by atoms with Crippen molar-refractivity contribution in [2.75, 3.05) is 39.8 Å². The average Bonchev–Trinajstić information content (AvgIpc) is 3.82. The minimum absolute atomic E-state index is 0.0139. The molecule has 296 valence electrons. The molecule has 1 aromatic rings. The van der Waals surface area contributed by atoms with Crippen molar-refractivity contribution in [3.05, 3.63) is 46.5 Å². The molecule has 4 heterocycles. The molecule has 4 aliphatic rings. The van der Waals surface area contributed by atoms with Gasteiger partial charge in [0.15, 0.2) is 11.5 Å². The smallest absolute Gasteiger partial charge is 0.409 e. The van der Waals surface area contributed by atoms with E-state index in [1.165, 1.54) is 41.4 Å². The second-order valence-electron chi connectivity index (χ2n) is 14.6. The van der Waals surface area contributed by atoms with Crippen molar-refractivity contribution < 1.29 is 62.6 Å². The summed E-state index contributed by atoms with van der Waals surface area (Å²) in [5.74, 6) is -4.38. The highest BCUT2D eigenvalue weighted by atomic mass is 35.5. The van der Waals surface area contributed by atoms with Crippen LogP contribution in [0, 0.1) is 5.92 Å². The van der Waals surface area contributed by atoms with Gasteiger partial charge in [-0.15, -0.1) is 0 Å². The van der Waals surface area contributed by atoms with Crippen molar-refractivity contribution in [1.29, 1.82) is 0 Å². The number of esters is 1. The van der Waals surface area contributed by atoms with Gasteiger partial charge >= 0.3 is 12.1 Å². The fraction of sp³-hybridized carbons (Fsp3) is 0.595. The van der Waals surface area contributed by atoms with Gasteiger partial charge in [0, 0.05) is 33.6 Å². The summed E-state index contributed by atoms with van der Waals surface area (Å²) in [7, 11) is 5.45. The minimum atomic E-state index is -2.66. The summed E-state index contributed by atoms with van der Waals surface area (Å²) in [5.41, 5.74) is -4.88. The summed E-state index contributed by atoms with van der Waals surface area (Å²) in [6.07, 6.45) is -1.52. The number of allylic oxidation sites excluding steroid dienone is 2. The molecule has 16 nitrogen and oxygen atoms in total. The number of benzene rings is 1. The Morgan fingerprint density at radius 3 is 2.33 bits per heavy atom. The number of nitrogens with zero attached hydrogens (tertiary/aromatic N) is 2. The first-order valence-electron chi connectivity index (χ1n) is 17.4. The highest BCUT2D eigenvalue weighted by Crippen LogP contribution is 2.49. The number of Topliss-reactive ketones (excluding diaryl/α,β-unsaturated/α-hetero) is 1. The Kier molecular flexibility index (Phi) is 11.6. The Hall–Kier alpha value is -4.06. The largest absolute Gasteiger partial charge is 0.495 e. The molecule has 10 atom stereocenters. The Morgan fingerprint density at radius 1 is 1.02 bits per heavy atom. The molecule has 0 unspecified atom stereocenters. The lowest BCUT2D eigenvalue weighted by Crippen LogP contribution is -2.63. The van der Waals surface area contributed by atoms with E-state index in [0.29, 0.717) is 11.1 Å². The number of likely N-dealkylation sites (N-methyl/N-ethyl adjacent to an activating group) is 1. The number of epoxide rings is 1. The number of alkyl carbamates (subject to hydrolysis) is 1. The van der Waals surface area contributed by atoms with Crippen LogP contribution in [0.15, 0.2) is 35.9 Å². The monoisotopic (exact) mass is 777 g/mol. The number of hydrogen-bond donors (Lipinski definition) is 3. The van der Waals surface area contributed by atoms with E-state index in [1.54, 1.807) is 45.1 Å². The standard InChI is InChI=1S/C37H48ClN3O13/c1-18-11-10-12-26(50-8)37(48)16-24(52-34(46)39-37)19(2)31-36(5,54-31)27-15-28(43)41(22-13-21(30(18)51-9)14-23(49-7)29(22)38)17-25(42)35(4,47)33(45)40(6)20(3)32(44)53-27/h10-14,19-20,24,26-27,30-31,47-48H,15-17H2,1-9H3,(H,39,46)/t19-,20-,24+,26-,27+,30-,31+,35+,36+,37+/m1/s1. The predicted molar refractivity (Wildman–Crippen MR) is 192 cm³/mol. The van der Waals surface area contributed by atoms with Gasteiger partial charge in [0.2, 0.25) is 11.5 Å². The maximum absolute atomic E-state index is 14.6. The SMILES string of the molecule is COc1cc2cc(c1Cl)N1CC(=O)[C@](C)(O)C(=O)N(C)[C@H](C)C(=O)O[C@@H](CC1=O)[C@]1(C)O[C@H]1[C@H](C)[C@@H]1C[C@@](O)(NC(=O)O1)[C@H](OC)C=CC=C(C)[C@H]2OC. The number of halogens is 1. The van der Waals surface area contributed by atoms with Crippen molar-refractivity contribution >= 4 is 46.9 Å². The van der Waals surface area contributed by atoms with E-state index in [9.17, 15) is 34.2 Å². The number of ketones is 1. The molecular weight excluding hydrogens is 730 g/mol. The van der Waals surface area contributed by atoms with Gasteiger partial charge in [0.1, 0.15) is 46.8 Å². The Morgan fingerprint density at radius 2 is 1.70 bits per heavy atom. The average molecular weight is 778 g/mol. The number of ether oxygens (including phenoxy) is 6. The molecular formula is C37H48ClN3O13. The predicted octanol–water partition coefficient (Wildman–Crippen LogP) is 2.36. The lowest BCUT2D eigenvalue weighted by molar-refractivity contribution is -0.169. The van der Waals surface area contributed by atoms with Crippen LogP contribution in [-0.2, 0) is 42.9 Å². The van der Waals surface area contributed by atoms with Gasteiger partial charge in [-0.25, -0.2) is 9.59 Å². The summed E-state index contributed by atoms with van der Waals surface area (Å²) in [6, 6.07) is 1.82. The molecule has 0 aliphatic carbocycles. The lowest BCUT2D eigenvalue weighted by Gasteiger charge is -2.42. The van der Waals surface area contributed by atoms with Crippen molar-refractivity contribution in [3.63, 3.8) is 0 Å². The topological polar surface area (TPSA) is 203 Å². The van der Waals surface area contributed by atoms with Gasteiger partial charge in [0.25, 0.3) is 5.91 Å². The number of methoxy groups -OCH3 is 3. The molecule has 17 heteroatoms. The molecule has 5 rings (SSSR count). The maximum Gasteiger partial charge on any atom is 0.409 e. The molecule has 3 fully saturated rings. The van der Waals surface area contributed by atoms with Gasteiger partial charge in [-0.3, -0.25) is 19.7 Å². The van der Waals surface area contributed by atoms with E-state index >= 15 is 0 Å². The number of fused-ring (bicyclic) bond motifs is 10. The van der Waals surface area contributed by atoms with Crippen LogP contribution < -0.4 is 15.0 Å². The zero-order valence-electron chi connectivity index (χ0n) is 31.7. The molecule has 0 saturated carbocycles. The fourth-order valence-electron chi connectivity index (χ4n) is 7.33. The molecule has 0 spiro atoms. The van der Waals surface area contributed by atoms with Crippen molar-refractivity contribution in [1.82, 2.24) is 10.2 Å². The normalized spacial score (nSPS) is 36.6. The van der Waals surface area contributed by atoms with E-state index in [0.717, 1.165) is 16.7 Å². The first kappa shape index (κ1) is 41.1. The molecule has 0 radical (unpaired) electrons. The third-order valence-corrected chi connectivity index (χ3v) is 11.4. The summed E-state index contributed by atoms with van der Waals surface area (Å²) < 4.78 is 34.9. The van der Waals surface area contributed by atoms with Crippen molar-refractivity contribution in [3.8, 4) is 5.75 Å². The number of amides is 3. The van der Waals surface area contributed by atoms with Gasteiger partial charge in [0.05, 0.1) is 31.9 Å². The van der Waals surface area contributed by atoms with Gasteiger partial charge in [-0.1, -0.05) is 36.8 Å². The second-order valence-corrected chi connectivity index (χ2v) is 15.0. The van der Waals surface area contributed by atoms with Crippen LogP contribution in [0.4, 0.5) is 10.5 Å². The van der Waals surface area contributed by atoms with Crippen LogP contribution >= 0.6 is 11.6 Å². The molecule has 4 aliphatic heterocycles. The molecule has 3 saturated heterocycles. The quantitative estimate of drug-likeness (QED) is 0.230. The van der Waals surface area contributed by atoms with E-state index in [2.05, 4.69) is 5.32 Å². The number of rotatable bonds is 3. The van der Waals surface area contributed by atoms with Crippen LogP contribution in [0.5, 0.6) is 5.75 Å². The third kappa shape index (κ3) is 7.47. The van der Waals surface area contributed by atoms with Gasteiger partial charge < -0.3 is 48.4 Å². The Labute approximate surface area is 318 Å². The first-order chi connectivity index (χ1) is 25.2. The van der Waals surface area contributed by atoms with Crippen LogP contribution in [0.25, 0.3) is 0 Å². The minimum Gasteiger partial charge on any atom is -0.495 e. The number of hydrogen-bond acceptors (Lipinski definition) is 13. The first-order valence-corrected chi connectivity index (χ1v) is 17.8. The van der Waals surface area contributed by atoms with E-state index < -0.39 is 102 Å². The van der Waals surface area contributed by atoms with Gasteiger partial charge in [-0.2, -0.15) is 0 Å². The van der Waals surface area contributed by atoms with Crippen molar-refractivity contribution in [2.45, 2.75) is 101 Å². The van der Waals surface area contributed by atoms with E-state index in [1.807, 2.05) is 0 Å². The van der Waals surface area contributed by atoms with Crippen LogP contribution in [0.1, 0.15) is 59.1 Å². The maximum atomic E-state index is 14.6. The summed E-state index contributed by atoms with van der Waals surface area (Å²) in [4.78, 5) is 70.5. The molecule has 1 aromatic carbocycles. The second kappa shape index (κ2) is 15.2. The Bertz CT molecular complexity index is 1770. The number of aliphatic hydroxyl groups is 2. The summed E-state index contributed by atoms with van der Waals surface area (Å²) in [5, 5.41) is 25.5. The molecule has 3 N–H and O–H groups in total. The molecule has 54 heavy (non-hydrogen) atoms. The number of carbonyl (C=O) groups excluding carboxylic acids is 5. The zero-order chi connectivity index (χ0) is 40.1. The highest BCUT2D eigenvalue weighted by molar-refractivity contribution is 6.35. The summed E-state index contributed by atoms with van der Waals surface area (Å²) in [6.45, 7) is 6.65. The third-order valence-electron chi connectivity index (χ3n) is 11.0. The van der Waals surface area contributed by atoms with Crippen LogP contribution in [0.2, 0.25) is 5.02 Å². The summed E-state index contributed by atoms with van der Waals surface area (Å²) >= 11 is 6.86. The number of nitrogens with one attached hydrogen (secondary N) is 1. The van der Waals surface area contributed by atoms with E-state index in [4.69, 9.17) is 40.0 Å². The number of carbonyl (C=O) groups is 5. The number of anilines is 1. The molecule has 6 bridgehead atoms.